The number of esters is 1. The van der Waals surface area contributed by atoms with Crippen molar-refractivity contribution >= 4 is 11.8 Å². The van der Waals surface area contributed by atoms with E-state index in [0.29, 0.717) is 12.8 Å². The molecule has 0 aromatic heterocycles. The van der Waals surface area contributed by atoms with Gasteiger partial charge in [0, 0.05) is 12.8 Å². The van der Waals surface area contributed by atoms with Crippen molar-refractivity contribution in [1.29, 1.82) is 0 Å². The fourth-order valence-electron chi connectivity index (χ4n) is 1.15. The zero-order valence-corrected chi connectivity index (χ0v) is 8.60. The molecular weight excluding hydrogens is 200 g/mol. The first-order chi connectivity index (χ1) is 7.24. The third-order valence-electron chi connectivity index (χ3n) is 1.86. The lowest BCUT2D eigenvalue weighted by Crippen LogP contribution is -2.17. The Morgan fingerprint density at radius 2 is 2.00 bits per heavy atom. The van der Waals surface area contributed by atoms with Gasteiger partial charge in [-0.1, -0.05) is 0 Å². The molecule has 0 N–H and O–H groups in total. The second-order valence-corrected chi connectivity index (χ2v) is 3.01. The number of rotatable bonds is 6. The standard InChI is InChI=1S/C10H14O5/c1-2-13-10(12)8(11)4-3-5-9-14-6-7-15-9/h6-7,9H,2-5H2,1H3. The number of carbonyl (C=O) groups is 2. The summed E-state index contributed by atoms with van der Waals surface area (Å²) in [6.07, 6.45) is 3.89. The maximum Gasteiger partial charge on any atom is 0.374 e. The van der Waals surface area contributed by atoms with Crippen LogP contribution in [0, 0.1) is 0 Å². The molecule has 0 fully saturated rings. The van der Waals surface area contributed by atoms with Crippen LogP contribution in [-0.2, 0) is 23.8 Å². The highest BCUT2D eigenvalue weighted by molar-refractivity contribution is 6.33. The zero-order valence-electron chi connectivity index (χ0n) is 8.60. The van der Waals surface area contributed by atoms with Crippen LogP contribution in [0.2, 0.25) is 0 Å². The fraction of sp³-hybridized carbons (Fsp3) is 0.600. The number of hydrogen-bond donors (Lipinski definition) is 0. The molecule has 0 aromatic rings. The molecule has 0 atom stereocenters. The van der Waals surface area contributed by atoms with Crippen molar-refractivity contribution in [2.45, 2.75) is 32.5 Å². The summed E-state index contributed by atoms with van der Waals surface area (Å²) in [6.45, 7) is 1.89. The van der Waals surface area contributed by atoms with Gasteiger partial charge in [-0.2, -0.15) is 0 Å². The Morgan fingerprint density at radius 3 is 2.60 bits per heavy atom. The van der Waals surface area contributed by atoms with Gasteiger partial charge in [-0.15, -0.1) is 0 Å². The normalized spacial score (nSPS) is 14.5. The molecular formula is C10H14O5. The van der Waals surface area contributed by atoms with Crippen LogP contribution in [0.3, 0.4) is 0 Å². The van der Waals surface area contributed by atoms with Gasteiger partial charge >= 0.3 is 5.97 Å². The number of ketones is 1. The summed E-state index contributed by atoms with van der Waals surface area (Å²) in [5.41, 5.74) is 0. The fourth-order valence-corrected chi connectivity index (χ4v) is 1.15. The highest BCUT2D eigenvalue weighted by atomic mass is 16.7. The summed E-state index contributed by atoms with van der Waals surface area (Å²) in [4.78, 5) is 22.1. The second-order valence-electron chi connectivity index (χ2n) is 3.01. The van der Waals surface area contributed by atoms with Crippen molar-refractivity contribution in [3.05, 3.63) is 12.5 Å². The lowest BCUT2D eigenvalue weighted by atomic mass is 10.2. The van der Waals surface area contributed by atoms with Crippen LogP contribution < -0.4 is 0 Å². The molecule has 1 heterocycles. The monoisotopic (exact) mass is 214 g/mol. The average Bonchev–Trinajstić information content (AvgIpc) is 2.71. The van der Waals surface area contributed by atoms with Crippen LogP contribution in [0.25, 0.3) is 0 Å². The summed E-state index contributed by atoms with van der Waals surface area (Å²) in [5.74, 6) is -1.26. The Balaban J connectivity index is 2.08. The van der Waals surface area contributed by atoms with Crippen LogP contribution in [0.5, 0.6) is 0 Å². The van der Waals surface area contributed by atoms with E-state index in [4.69, 9.17) is 9.47 Å². The Labute approximate surface area is 88.0 Å². The lowest BCUT2D eigenvalue weighted by Gasteiger charge is -2.08. The molecule has 0 unspecified atom stereocenters. The van der Waals surface area contributed by atoms with Gasteiger partial charge in [0.25, 0.3) is 0 Å². The van der Waals surface area contributed by atoms with E-state index in [-0.39, 0.29) is 19.3 Å². The Kier molecular flexibility index (Phi) is 4.66. The second kappa shape index (κ2) is 6.06. The zero-order chi connectivity index (χ0) is 11.1. The number of carbonyl (C=O) groups excluding carboxylic acids is 2. The van der Waals surface area contributed by atoms with Crippen molar-refractivity contribution in [2.75, 3.05) is 6.61 Å². The molecule has 5 nitrogen and oxygen atoms in total. The van der Waals surface area contributed by atoms with E-state index in [1.54, 1.807) is 6.92 Å². The van der Waals surface area contributed by atoms with Crippen LogP contribution in [0.1, 0.15) is 26.2 Å². The van der Waals surface area contributed by atoms with Gasteiger partial charge in [0.1, 0.15) is 12.5 Å². The molecule has 1 aliphatic rings. The third-order valence-corrected chi connectivity index (χ3v) is 1.86. The summed E-state index contributed by atoms with van der Waals surface area (Å²) in [5, 5.41) is 0. The molecule has 0 saturated heterocycles. The van der Waals surface area contributed by atoms with Crippen LogP contribution in [0.4, 0.5) is 0 Å². The Hall–Kier alpha value is -1.52. The average molecular weight is 214 g/mol. The number of ether oxygens (including phenoxy) is 3. The van der Waals surface area contributed by atoms with E-state index in [1.165, 1.54) is 12.5 Å². The van der Waals surface area contributed by atoms with Gasteiger partial charge in [-0.25, -0.2) is 4.79 Å². The molecule has 15 heavy (non-hydrogen) atoms. The molecule has 84 valence electrons. The first-order valence-corrected chi connectivity index (χ1v) is 4.90. The third kappa shape index (κ3) is 4.01. The number of Topliss-reactive ketones (excluding diaryl/α,β-unsaturated/α-hetero) is 1. The summed E-state index contributed by atoms with van der Waals surface area (Å²) in [6, 6.07) is 0. The first kappa shape index (κ1) is 11.6. The van der Waals surface area contributed by atoms with Crippen LogP contribution in [-0.4, -0.2) is 24.6 Å². The van der Waals surface area contributed by atoms with Crippen molar-refractivity contribution in [3.8, 4) is 0 Å². The minimum Gasteiger partial charge on any atom is -0.460 e. The van der Waals surface area contributed by atoms with E-state index in [0.717, 1.165) is 0 Å². The van der Waals surface area contributed by atoms with Gasteiger partial charge in [0.2, 0.25) is 12.1 Å². The number of hydrogen-bond acceptors (Lipinski definition) is 5. The molecule has 0 aromatic carbocycles. The van der Waals surface area contributed by atoms with Gasteiger partial charge in [-0.05, 0) is 13.3 Å². The molecule has 0 aliphatic carbocycles. The van der Waals surface area contributed by atoms with Gasteiger partial charge in [0.05, 0.1) is 6.61 Å². The first-order valence-electron chi connectivity index (χ1n) is 4.90. The van der Waals surface area contributed by atoms with E-state index in [9.17, 15) is 9.59 Å². The predicted molar refractivity (Wildman–Crippen MR) is 50.6 cm³/mol. The van der Waals surface area contributed by atoms with Crippen LogP contribution in [0.15, 0.2) is 12.5 Å². The molecule has 5 heteroatoms. The largest absolute Gasteiger partial charge is 0.460 e. The van der Waals surface area contributed by atoms with Crippen molar-refractivity contribution < 1.29 is 23.8 Å². The maximum absolute atomic E-state index is 11.1. The summed E-state index contributed by atoms with van der Waals surface area (Å²) >= 11 is 0. The van der Waals surface area contributed by atoms with E-state index in [1.807, 2.05) is 0 Å². The van der Waals surface area contributed by atoms with Crippen LogP contribution >= 0.6 is 0 Å². The smallest absolute Gasteiger partial charge is 0.374 e. The van der Waals surface area contributed by atoms with Crippen molar-refractivity contribution in [3.63, 3.8) is 0 Å². The van der Waals surface area contributed by atoms with Crippen molar-refractivity contribution in [2.24, 2.45) is 0 Å². The van der Waals surface area contributed by atoms with Gasteiger partial charge in [0.15, 0.2) is 0 Å². The topological polar surface area (TPSA) is 61.8 Å². The molecule has 0 radical (unpaired) electrons. The highest BCUT2D eigenvalue weighted by Crippen LogP contribution is 2.12. The molecule has 1 rings (SSSR count). The molecule has 0 bridgehead atoms. The van der Waals surface area contributed by atoms with E-state index >= 15 is 0 Å². The summed E-state index contributed by atoms with van der Waals surface area (Å²) < 4.78 is 14.6. The molecule has 1 aliphatic heterocycles. The minimum absolute atomic E-state index is 0.169. The lowest BCUT2D eigenvalue weighted by molar-refractivity contribution is -0.153. The SMILES string of the molecule is CCOC(=O)C(=O)CCCC1OC=CO1. The van der Waals surface area contributed by atoms with Gasteiger partial charge < -0.3 is 14.2 Å². The van der Waals surface area contributed by atoms with Gasteiger partial charge in [-0.3, -0.25) is 4.79 Å². The Bertz CT molecular complexity index is 251. The maximum atomic E-state index is 11.1. The predicted octanol–water partition coefficient (Wildman–Crippen LogP) is 1.13. The Morgan fingerprint density at radius 1 is 1.33 bits per heavy atom. The molecule has 0 saturated carbocycles. The van der Waals surface area contributed by atoms with E-state index < -0.39 is 11.8 Å². The molecule has 0 spiro atoms. The highest BCUT2D eigenvalue weighted by Gasteiger charge is 2.17. The van der Waals surface area contributed by atoms with Crippen molar-refractivity contribution in [1.82, 2.24) is 0 Å². The summed E-state index contributed by atoms with van der Waals surface area (Å²) in [7, 11) is 0. The van der Waals surface area contributed by atoms with E-state index in [2.05, 4.69) is 4.74 Å². The minimum atomic E-state index is -0.760. The quantitative estimate of drug-likeness (QED) is 0.490. The molecule has 0 amide bonds.